The summed E-state index contributed by atoms with van der Waals surface area (Å²) >= 11 is 0. The van der Waals surface area contributed by atoms with E-state index in [0.717, 1.165) is 25.5 Å². The molecule has 19 heavy (non-hydrogen) atoms. The maximum Gasteiger partial charge on any atom is 0.435 e. The Bertz CT molecular complexity index is 394. The van der Waals surface area contributed by atoms with Crippen molar-refractivity contribution in [3.63, 3.8) is 0 Å². The number of alkyl halides is 3. The number of nitrogens with one attached hydrogen (secondary N) is 1. The Morgan fingerprint density at radius 2 is 2.11 bits per heavy atom. The minimum Gasteiger partial charge on any atom is -0.312 e. The molecule has 0 bridgehead atoms. The summed E-state index contributed by atoms with van der Waals surface area (Å²) in [6.45, 7) is 3.36. The van der Waals surface area contributed by atoms with Crippen molar-refractivity contribution in [2.75, 3.05) is 6.54 Å². The average Bonchev–Trinajstić information content (AvgIpc) is 2.98. The van der Waals surface area contributed by atoms with Crippen LogP contribution >= 0.6 is 0 Å². The van der Waals surface area contributed by atoms with Gasteiger partial charge in [-0.15, -0.1) is 0 Å². The van der Waals surface area contributed by atoms with Gasteiger partial charge in [0.1, 0.15) is 0 Å². The second-order valence-electron chi connectivity index (χ2n) is 5.13. The summed E-state index contributed by atoms with van der Waals surface area (Å²) in [5, 5.41) is 7.01. The van der Waals surface area contributed by atoms with E-state index in [1.165, 1.54) is 23.7 Å². The van der Waals surface area contributed by atoms with Crippen molar-refractivity contribution < 1.29 is 13.2 Å². The minimum atomic E-state index is -4.35. The first-order chi connectivity index (χ1) is 9.00. The first-order valence-corrected chi connectivity index (χ1v) is 6.84. The highest BCUT2D eigenvalue weighted by atomic mass is 19.4. The van der Waals surface area contributed by atoms with E-state index in [4.69, 9.17) is 0 Å². The summed E-state index contributed by atoms with van der Waals surface area (Å²) in [5.41, 5.74) is -0.811. The smallest absolute Gasteiger partial charge is 0.312 e. The Balaban J connectivity index is 2.02. The predicted molar refractivity (Wildman–Crippen MR) is 66.7 cm³/mol. The molecule has 1 aliphatic rings. The number of halogens is 3. The molecule has 1 N–H and O–H groups in total. The summed E-state index contributed by atoms with van der Waals surface area (Å²) in [6.07, 6.45) is 1.82. The average molecular weight is 275 g/mol. The summed E-state index contributed by atoms with van der Waals surface area (Å²) in [7, 11) is 0. The molecule has 0 radical (unpaired) electrons. The van der Waals surface area contributed by atoms with Gasteiger partial charge in [0, 0.05) is 12.2 Å². The molecule has 1 aliphatic carbocycles. The molecule has 0 spiro atoms. The first kappa shape index (κ1) is 14.4. The van der Waals surface area contributed by atoms with Gasteiger partial charge in [-0.1, -0.05) is 19.8 Å². The van der Waals surface area contributed by atoms with Crippen LogP contribution in [0.25, 0.3) is 0 Å². The molecule has 1 atom stereocenters. The molecular formula is C13H20F3N3. The molecule has 1 aromatic rings. The van der Waals surface area contributed by atoms with Crippen LogP contribution in [0.15, 0.2) is 12.3 Å². The van der Waals surface area contributed by atoms with E-state index in [1.54, 1.807) is 0 Å². The first-order valence-electron chi connectivity index (χ1n) is 6.84. The predicted octanol–water partition coefficient (Wildman–Crippen LogP) is 3.07. The Morgan fingerprint density at radius 3 is 2.63 bits per heavy atom. The third-order valence-electron chi connectivity index (χ3n) is 3.75. The molecule has 3 nitrogen and oxygen atoms in total. The SMILES string of the molecule is CCNC(Cn1ccc(C(F)(F)F)n1)C1CCCC1. The molecule has 6 heteroatoms. The van der Waals surface area contributed by atoms with E-state index < -0.39 is 11.9 Å². The van der Waals surface area contributed by atoms with Crippen molar-refractivity contribution in [3.05, 3.63) is 18.0 Å². The minimum absolute atomic E-state index is 0.216. The lowest BCUT2D eigenvalue weighted by Crippen LogP contribution is -2.38. The molecule has 2 rings (SSSR count). The van der Waals surface area contributed by atoms with Crippen molar-refractivity contribution in [3.8, 4) is 0 Å². The molecule has 1 aromatic heterocycles. The van der Waals surface area contributed by atoms with Crippen molar-refractivity contribution in [2.24, 2.45) is 5.92 Å². The molecule has 0 amide bonds. The summed E-state index contributed by atoms with van der Waals surface area (Å²) in [5.74, 6) is 0.554. The zero-order valence-electron chi connectivity index (χ0n) is 11.1. The van der Waals surface area contributed by atoms with E-state index in [9.17, 15) is 13.2 Å². The lowest BCUT2D eigenvalue weighted by Gasteiger charge is -2.24. The molecule has 0 saturated heterocycles. The van der Waals surface area contributed by atoms with Crippen LogP contribution in [0.4, 0.5) is 13.2 Å². The highest BCUT2D eigenvalue weighted by Gasteiger charge is 2.34. The molecule has 0 aliphatic heterocycles. The standard InChI is InChI=1S/C13H20F3N3/c1-2-17-11(10-5-3-4-6-10)9-19-8-7-12(18-19)13(14,15)16/h7-8,10-11,17H,2-6,9H2,1H3. The molecule has 0 aromatic carbocycles. The monoisotopic (exact) mass is 275 g/mol. The van der Waals surface area contributed by atoms with Crippen molar-refractivity contribution in [2.45, 2.75) is 51.4 Å². The zero-order chi connectivity index (χ0) is 13.9. The van der Waals surface area contributed by atoms with Gasteiger partial charge in [0.05, 0.1) is 6.54 Å². The number of nitrogens with zero attached hydrogens (tertiary/aromatic N) is 2. The normalized spacial score (nSPS) is 18.9. The number of hydrogen-bond donors (Lipinski definition) is 1. The third kappa shape index (κ3) is 3.72. The van der Waals surface area contributed by atoms with E-state index in [2.05, 4.69) is 10.4 Å². The van der Waals surface area contributed by atoms with Crippen molar-refractivity contribution in [1.29, 1.82) is 0 Å². The second kappa shape index (κ2) is 5.94. The van der Waals surface area contributed by atoms with Gasteiger partial charge < -0.3 is 5.32 Å². The fourth-order valence-corrected chi connectivity index (χ4v) is 2.82. The van der Waals surface area contributed by atoms with Crippen molar-refractivity contribution >= 4 is 0 Å². The second-order valence-corrected chi connectivity index (χ2v) is 5.13. The van der Waals surface area contributed by atoms with Crippen LogP contribution in [0.1, 0.15) is 38.3 Å². The summed E-state index contributed by atoms with van der Waals surface area (Å²) < 4.78 is 38.9. The van der Waals surface area contributed by atoms with Crippen LogP contribution in [0.3, 0.4) is 0 Å². The van der Waals surface area contributed by atoms with Gasteiger partial charge in [-0.05, 0) is 31.4 Å². The van der Waals surface area contributed by atoms with Gasteiger partial charge in [-0.2, -0.15) is 18.3 Å². The quantitative estimate of drug-likeness (QED) is 0.895. The van der Waals surface area contributed by atoms with Gasteiger partial charge in [-0.3, -0.25) is 4.68 Å². The largest absolute Gasteiger partial charge is 0.435 e. The molecule has 1 heterocycles. The Kier molecular flexibility index (Phi) is 4.50. The van der Waals surface area contributed by atoms with E-state index in [-0.39, 0.29) is 6.04 Å². The number of aromatic nitrogens is 2. The topological polar surface area (TPSA) is 29.9 Å². The van der Waals surface area contributed by atoms with Gasteiger partial charge in [-0.25, -0.2) is 0 Å². The van der Waals surface area contributed by atoms with Crippen LogP contribution in [0.2, 0.25) is 0 Å². The number of rotatable bonds is 5. The Labute approximate surface area is 111 Å². The van der Waals surface area contributed by atoms with Gasteiger partial charge in [0.15, 0.2) is 5.69 Å². The van der Waals surface area contributed by atoms with Crippen LogP contribution < -0.4 is 5.32 Å². The number of hydrogen-bond acceptors (Lipinski definition) is 2. The van der Waals surface area contributed by atoms with Gasteiger partial charge in [0.2, 0.25) is 0 Å². The fourth-order valence-electron chi connectivity index (χ4n) is 2.82. The number of likely N-dealkylation sites (N-methyl/N-ethyl adjacent to an activating group) is 1. The highest BCUT2D eigenvalue weighted by molar-refractivity contribution is 5.03. The molecule has 1 unspecified atom stereocenters. The molecule has 1 fully saturated rings. The molecular weight excluding hydrogens is 255 g/mol. The Hall–Kier alpha value is -1.04. The van der Waals surface area contributed by atoms with E-state index in [0.29, 0.717) is 12.5 Å². The lowest BCUT2D eigenvalue weighted by atomic mass is 9.98. The van der Waals surface area contributed by atoms with E-state index in [1.807, 2.05) is 6.92 Å². The summed E-state index contributed by atoms with van der Waals surface area (Å²) in [4.78, 5) is 0. The fraction of sp³-hybridized carbons (Fsp3) is 0.769. The maximum atomic E-state index is 12.5. The molecule has 1 saturated carbocycles. The summed E-state index contributed by atoms with van der Waals surface area (Å²) in [6, 6.07) is 1.26. The van der Waals surface area contributed by atoms with Crippen LogP contribution in [0.5, 0.6) is 0 Å². The van der Waals surface area contributed by atoms with Crippen LogP contribution in [-0.2, 0) is 12.7 Å². The maximum absolute atomic E-state index is 12.5. The van der Waals surface area contributed by atoms with Crippen LogP contribution in [-0.4, -0.2) is 22.4 Å². The van der Waals surface area contributed by atoms with Crippen LogP contribution in [0, 0.1) is 5.92 Å². The molecule has 108 valence electrons. The third-order valence-corrected chi connectivity index (χ3v) is 3.75. The highest BCUT2D eigenvalue weighted by Crippen LogP contribution is 2.29. The van der Waals surface area contributed by atoms with E-state index >= 15 is 0 Å². The lowest BCUT2D eigenvalue weighted by molar-refractivity contribution is -0.141. The van der Waals surface area contributed by atoms with Gasteiger partial charge in [0.25, 0.3) is 0 Å². The van der Waals surface area contributed by atoms with Crippen molar-refractivity contribution in [1.82, 2.24) is 15.1 Å². The zero-order valence-corrected chi connectivity index (χ0v) is 11.1. The Morgan fingerprint density at radius 1 is 1.42 bits per heavy atom. The van der Waals surface area contributed by atoms with Gasteiger partial charge >= 0.3 is 6.18 Å².